The molecule has 1 aliphatic rings. The predicted octanol–water partition coefficient (Wildman–Crippen LogP) is 5.60. The van der Waals surface area contributed by atoms with Crippen molar-refractivity contribution in [3.63, 3.8) is 0 Å². The number of nitrogens with zero attached hydrogens (tertiary/aromatic N) is 3. The largest absolute Gasteiger partial charge is 0.365 e. The molecule has 0 spiro atoms. The summed E-state index contributed by atoms with van der Waals surface area (Å²) in [6, 6.07) is 20.4. The second-order valence-corrected chi connectivity index (χ2v) is 8.85. The fourth-order valence-corrected chi connectivity index (χ4v) is 4.98. The highest BCUT2D eigenvalue weighted by Gasteiger charge is 2.18. The van der Waals surface area contributed by atoms with Gasteiger partial charge in [-0.3, -0.25) is 4.79 Å². The Balaban J connectivity index is 1.29. The van der Waals surface area contributed by atoms with Gasteiger partial charge in [-0.25, -0.2) is 9.97 Å². The maximum atomic E-state index is 12.7. The van der Waals surface area contributed by atoms with Crippen LogP contribution in [0.3, 0.4) is 0 Å². The van der Waals surface area contributed by atoms with Crippen LogP contribution in [0.4, 0.5) is 5.82 Å². The first-order valence-electron chi connectivity index (χ1n) is 10.7. The van der Waals surface area contributed by atoms with Crippen molar-refractivity contribution in [3.8, 4) is 10.4 Å². The zero-order chi connectivity index (χ0) is 21.0. The monoisotopic (exact) mass is 428 g/mol. The molecule has 5 rings (SSSR count). The van der Waals surface area contributed by atoms with Gasteiger partial charge in [-0.1, -0.05) is 42.5 Å². The van der Waals surface area contributed by atoms with E-state index in [1.54, 1.807) is 17.7 Å². The van der Waals surface area contributed by atoms with E-state index < -0.39 is 0 Å². The molecule has 4 aromatic rings. The van der Waals surface area contributed by atoms with Gasteiger partial charge in [0.25, 0.3) is 5.91 Å². The lowest BCUT2D eigenvalue weighted by Gasteiger charge is -2.26. The summed E-state index contributed by atoms with van der Waals surface area (Å²) < 4.78 is 0. The number of hydrogen-bond acceptors (Lipinski definition) is 5. The number of anilines is 1. The van der Waals surface area contributed by atoms with Crippen molar-refractivity contribution in [2.75, 3.05) is 18.4 Å². The Bertz CT molecular complexity index is 1180. The van der Waals surface area contributed by atoms with Crippen LogP contribution in [0.15, 0.2) is 67.0 Å². The molecular weight excluding hydrogens is 404 g/mol. The van der Waals surface area contributed by atoms with Crippen molar-refractivity contribution < 1.29 is 4.79 Å². The van der Waals surface area contributed by atoms with Crippen molar-refractivity contribution in [3.05, 3.63) is 78.1 Å². The number of hydrogen-bond donors (Lipinski definition) is 1. The highest BCUT2D eigenvalue weighted by atomic mass is 32.1. The van der Waals surface area contributed by atoms with E-state index in [-0.39, 0.29) is 5.91 Å². The Morgan fingerprint density at radius 1 is 0.968 bits per heavy atom. The summed E-state index contributed by atoms with van der Waals surface area (Å²) >= 11 is 1.67. The minimum absolute atomic E-state index is 0.142. The van der Waals surface area contributed by atoms with Gasteiger partial charge in [0.2, 0.25) is 0 Å². The van der Waals surface area contributed by atoms with Crippen LogP contribution < -0.4 is 5.32 Å². The molecule has 0 atom stereocenters. The number of benzene rings is 2. The summed E-state index contributed by atoms with van der Waals surface area (Å²) in [5, 5.41) is 4.47. The first-order valence-corrected chi connectivity index (χ1v) is 11.5. The predicted molar refractivity (Wildman–Crippen MR) is 126 cm³/mol. The molecule has 1 aliphatic heterocycles. The van der Waals surface area contributed by atoms with Gasteiger partial charge in [-0.05, 0) is 48.6 Å². The molecular formula is C25H24N4OS. The number of aromatic nitrogens is 2. The van der Waals surface area contributed by atoms with Crippen molar-refractivity contribution in [2.24, 2.45) is 0 Å². The average Bonchev–Trinajstić information content (AvgIpc) is 3.29. The molecule has 2 aromatic heterocycles. The van der Waals surface area contributed by atoms with E-state index in [4.69, 9.17) is 0 Å². The zero-order valence-electron chi connectivity index (χ0n) is 17.3. The van der Waals surface area contributed by atoms with E-state index in [1.807, 2.05) is 47.4 Å². The van der Waals surface area contributed by atoms with Gasteiger partial charge in [0.05, 0.1) is 5.39 Å². The normalized spacial score (nSPS) is 14.0. The number of amides is 1. The van der Waals surface area contributed by atoms with Crippen molar-refractivity contribution in [2.45, 2.75) is 25.8 Å². The Hall–Kier alpha value is -3.25. The van der Waals surface area contributed by atoms with E-state index in [2.05, 4.69) is 33.5 Å². The minimum Gasteiger partial charge on any atom is -0.365 e. The quantitative estimate of drug-likeness (QED) is 0.450. The highest BCUT2D eigenvalue weighted by molar-refractivity contribution is 7.21. The fourth-order valence-electron chi connectivity index (χ4n) is 3.97. The van der Waals surface area contributed by atoms with Crippen LogP contribution in [0.25, 0.3) is 20.7 Å². The Morgan fingerprint density at radius 3 is 2.52 bits per heavy atom. The molecule has 0 bridgehead atoms. The number of piperidine rings is 1. The Kier molecular flexibility index (Phi) is 5.63. The van der Waals surface area contributed by atoms with Gasteiger partial charge in [-0.2, -0.15) is 0 Å². The smallest absolute Gasteiger partial charge is 0.253 e. The molecule has 2 aromatic carbocycles. The maximum absolute atomic E-state index is 12.7. The van der Waals surface area contributed by atoms with Gasteiger partial charge in [0, 0.05) is 30.1 Å². The molecule has 5 nitrogen and oxygen atoms in total. The van der Waals surface area contributed by atoms with Crippen LogP contribution in [-0.4, -0.2) is 33.9 Å². The lowest BCUT2D eigenvalue weighted by Crippen LogP contribution is -2.35. The van der Waals surface area contributed by atoms with Crippen LogP contribution in [-0.2, 0) is 6.54 Å². The lowest BCUT2D eigenvalue weighted by atomic mass is 10.1. The Morgan fingerprint density at radius 2 is 1.74 bits per heavy atom. The van der Waals surface area contributed by atoms with E-state index in [9.17, 15) is 4.79 Å². The van der Waals surface area contributed by atoms with Gasteiger partial charge in [0.1, 0.15) is 17.0 Å². The number of rotatable bonds is 5. The first kappa shape index (κ1) is 19.7. The molecule has 1 N–H and O–H groups in total. The topological polar surface area (TPSA) is 58.1 Å². The third kappa shape index (κ3) is 4.30. The summed E-state index contributed by atoms with van der Waals surface area (Å²) in [6.45, 7) is 2.38. The molecule has 156 valence electrons. The van der Waals surface area contributed by atoms with E-state index in [0.29, 0.717) is 6.54 Å². The Labute approximate surface area is 185 Å². The summed E-state index contributed by atoms with van der Waals surface area (Å²) in [5.41, 5.74) is 3.06. The summed E-state index contributed by atoms with van der Waals surface area (Å²) in [5.74, 6) is 0.973. The summed E-state index contributed by atoms with van der Waals surface area (Å²) in [6.07, 6.45) is 5.05. The molecule has 31 heavy (non-hydrogen) atoms. The van der Waals surface area contributed by atoms with Gasteiger partial charge in [-0.15, -0.1) is 11.3 Å². The fraction of sp³-hybridized carbons (Fsp3) is 0.240. The molecule has 1 amide bonds. The van der Waals surface area contributed by atoms with Crippen LogP contribution in [0.1, 0.15) is 35.2 Å². The second kappa shape index (κ2) is 8.86. The van der Waals surface area contributed by atoms with Crippen molar-refractivity contribution >= 4 is 33.3 Å². The van der Waals surface area contributed by atoms with E-state index >= 15 is 0 Å². The number of fused-ring (bicyclic) bond motifs is 1. The van der Waals surface area contributed by atoms with E-state index in [0.717, 1.165) is 53.1 Å². The van der Waals surface area contributed by atoms with Crippen LogP contribution in [0.5, 0.6) is 0 Å². The van der Waals surface area contributed by atoms with Crippen LogP contribution in [0, 0.1) is 0 Å². The number of likely N-dealkylation sites (tertiary alicyclic amines) is 1. The average molecular weight is 429 g/mol. The summed E-state index contributed by atoms with van der Waals surface area (Å²) in [7, 11) is 0. The molecule has 6 heteroatoms. The molecule has 1 fully saturated rings. The SMILES string of the molecule is O=C(c1ccc(CNc2ncnc3sc(-c4ccccc4)cc23)cc1)N1CCCCC1. The minimum atomic E-state index is 0.142. The number of carbonyl (C=O) groups is 1. The molecule has 0 unspecified atom stereocenters. The highest BCUT2D eigenvalue weighted by Crippen LogP contribution is 2.34. The molecule has 1 saturated heterocycles. The first-order chi connectivity index (χ1) is 15.3. The lowest BCUT2D eigenvalue weighted by molar-refractivity contribution is 0.0724. The van der Waals surface area contributed by atoms with Gasteiger partial charge < -0.3 is 10.2 Å². The van der Waals surface area contributed by atoms with Crippen LogP contribution in [0.2, 0.25) is 0 Å². The number of thiophene rings is 1. The molecule has 0 radical (unpaired) electrons. The van der Waals surface area contributed by atoms with Crippen molar-refractivity contribution in [1.29, 1.82) is 0 Å². The standard InChI is InChI=1S/C25H24N4OS/c30-25(29-13-5-2-6-14-29)20-11-9-18(10-12-20)16-26-23-21-15-22(19-7-3-1-4-8-19)31-24(21)28-17-27-23/h1,3-4,7-12,15,17H,2,5-6,13-14,16H2,(H,26,27,28). The van der Waals surface area contributed by atoms with Crippen LogP contribution >= 0.6 is 11.3 Å². The molecule has 3 heterocycles. The number of nitrogens with one attached hydrogen (secondary N) is 1. The van der Waals surface area contributed by atoms with Gasteiger partial charge in [0.15, 0.2) is 0 Å². The maximum Gasteiger partial charge on any atom is 0.253 e. The third-order valence-corrected chi connectivity index (χ3v) is 6.78. The van der Waals surface area contributed by atoms with Gasteiger partial charge >= 0.3 is 0 Å². The molecule has 0 saturated carbocycles. The zero-order valence-corrected chi connectivity index (χ0v) is 18.1. The van der Waals surface area contributed by atoms with Crippen molar-refractivity contribution in [1.82, 2.24) is 14.9 Å². The van der Waals surface area contributed by atoms with E-state index in [1.165, 1.54) is 16.9 Å². The summed E-state index contributed by atoms with van der Waals surface area (Å²) in [4.78, 5) is 25.7. The third-order valence-electron chi connectivity index (χ3n) is 5.69. The molecule has 0 aliphatic carbocycles. The second-order valence-electron chi connectivity index (χ2n) is 7.82. The number of carbonyl (C=O) groups excluding carboxylic acids is 1.